The molecule has 2 aromatic heterocycles. The fourth-order valence-electron chi connectivity index (χ4n) is 7.00. The summed E-state index contributed by atoms with van der Waals surface area (Å²) in [7, 11) is 5.02. The number of fused-ring (bicyclic) bond motifs is 2. The summed E-state index contributed by atoms with van der Waals surface area (Å²) >= 11 is 0. The zero-order valence-electron chi connectivity index (χ0n) is 37.5. The zero-order valence-corrected chi connectivity index (χ0v) is 37.5. The van der Waals surface area contributed by atoms with Crippen molar-refractivity contribution in [2.24, 2.45) is 0 Å². The molecule has 2 heterocycles. The summed E-state index contributed by atoms with van der Waals surface area (Å²) in [5.41, 5.74) is 5.19. The minimum atomic E-state index is 0.0239. The third-order valence-corrected chi connectivity index (χ3v) is 10.6. The van der Waals surface area contributed by atoms with Crippen molar-refractivity contribution >= 4 is 51.7 Å². The lowest BCUT2D eigenvalue weighted by Gasteiger charge is -2.19. The van der Waals surface area contributed by atoms with Gasteiger partial charge in [0.2, 0.25) is 0 Å². The third kappa shape index (κ3) is 15.5. The fraction of sp³-hybridized carbons (Fsp3) is 0.222. The largest absolute Gasteiger partial charge is 0.497 e. The second kappa shape index (κ2) is 25.7. The maximum atomic E-state index is 12.4. The van der Waals surface area contributed by atoms with Gasteiger partial charge in [0.25, 0.3) is 0 Å². The van der Waals surface area contributed by atoms with Crippen molar-refractivity contribution in [1.29, 1.82) is 0 Å². The van der Waals surface area contributed by atoms with Crippen LogP contribution in [0.1, 0.15) is 29.5 Å². The molecule has 0 aliphatic carbocycles. The van der Waals surface area contributed by atoms with E-state index in [1.807, 2.05) is 97.1 Å². The summed E-state index contributed by atoms with van der Waals surface area (Å²) in [4.78, 5) is 33.4. The standard InChI is InChI=1S/C32H35N3O3.C22H25N3O2/c1-37-27-16-12-25(13-17-27)8-5-21-35(22-6-9-26-14-18-28(38-2)19-15-26)23-7-20-33-32-24-31(36)29-10-3-4-11-30(29)34-32;1-27-18-11-9-17(10-12-18)6-4-13-23-14-5-15-24-22-16-21(26)19-7-2-3-8-20(19)25-22/h3-6,8-19,24H,7,20-23H2,1-2H3,(H2,33,34,36);2-4,6-12,16,23H,5,13-15H2,1H3,(H2,24,25,26)/b8-5+,9-6+;6-4+. The maximum Gasteiger partial charge on any atom is 0.191 e. The molecule has 0 fully saturated rings. The average Bonchev–Trinajstić information content (AvgIpc) is 3.34. The van der Waals surface area contributed by atoms with E-state index in [4.69, 9.17) is 14.2 Å². The van der Waals surface area contributed by atoms with Crippen LogP contribution in [-0.2, 0) is 0 Å². The van der Waals surface area contributed by atoms with E-state index in [0.717, 1.165) is 115 Å². The van der Waals surface area contributed by atoms with Gasteiger partial charge in [0.1, 0.15) is 28.9 Å². The zero-order chi connectivity index (χ0) is 45.5. The Morgan fingerprint density at radius 3 is 1.37 bits per heavy atom. The van der Waals surface area contributed by atoms with Crippen LogP contribution in [0.25, 0.3) is 40.0 Å². The lowest BCUT2D eigenvalue weighted by Crippen LogP contribution is -2.26. The summed E-state index contributed by atoms with van der Waals surface area (Å²) in [6.07, 6.45) is 14.7. The minimum Gasteiger partial charge on any atom is -0.497 e. The molecule has 0 aliphatic rings. The van der Waals surface area contributed by atoms with Gasteiger partial charge >= 0.3 is 0 Å². The molecule has 5 aromatic carbocycles. The molecule has 0 aliphatic heterocycles. The first-order chi connectivity index (χ1) is 31.9. The van der Waals surface area contributed by atoms with Crippen LogP contribution in [0.4, 0.5) is 11.6 Å². The molecule has 0 amide bonds. The number of rotatable bonds is 22. The van der Waals surface area contributed by atoms with Gasteiger partial charge in [-0.15, -0.1) is 0 Å². The van der Waals surface area contributed by atoms with Crippen LogP contribution in [-0.4, -0.2) is 82.0 Å². The Morgan fingerprint density at radius 2 is 0.923 bits per heavy atom. The Kier molecular flexibility index (Phi) is 18.6. The van der Waals surface area contributed by atoms with Gasteiger partial charge in [0.15, 0.2) is 10.9 Å². The van der Waals surface area contributed by atoms with Crippen molar-refractivity contribution in [2.75, 3.05) is 77.8 Å². The molecule has 0 atom stereocenters. The van der Waals surface area contributed by atoms with Gasteiger partial charge in [0.05, 0.1) is 32.4 Å². The Labute approximate surface area is 381 Å². The van der Waals surface area contributed by atoms with Gasteiger partial charge in [-0.2, -0.15) is 0 Å². The first-order valence-electron chi connectivity index (χ1n) is 22.0. The van der Waals surface area contributed by atoms with E-state index in [1.165, 1.54) is 0 Å². The van der Waals surface area contributed by atoms with E-state index in [-0.39, 0.29) is 10.9 Å². The molecule has 0 unspecified atom stereocenters. The topological polar surface area (TPSA) is 133 Å². The highest BCUT2D eigenvalue weighted by molar-refractivity contribution is 5.80. The van der Waals surface area contributed by atoms with Gasteiger partial charge in [-0.3, -0.25) is 14.5 Å². The number of hydrogen-bond acceptors (Lipinski definition) is 9. The van der Waals surface area contributed by atoms with Crippen molar-refractivity contribution in [3.05, 3.63) is 189 Å². The highest BCUT2D eigenvalue weighted by Gasteiger charge is 2.05. The molecular weight excluding hydrogens is 813 g/mol. The number of H-pyrrole nitrogens is 2. The molecule has 5 N–H and O–H groups in total. The first-order valence-corrected chi connectivity index (χ1v) is 22.0. The SMILES string of the molecule is COc1ccc(/C=C/CN(C/C=C/c2ccc(OC)cc2)CCCNc2cc(=O)c3ccccc3[nH]2)cc1.COc1ccc(/C=C/CNCCCNc2cc(=O)c3ccccc3[nH]2)cc1. The summed E-state index contributed by atoms with van der Waals surface area (Å²) < 4.78 is 15.6. The van der Waals surface area contributed by atoms with E-state index in [1.54, 1.807) is 33.5 Å². The van der Waals surface area contributed by atoms with Crippen molar-refractivity contribution < 1.29 is 14.2 Å². The van der Waals surface area contributed by atoms with Gasteiger partial charge < -0.3 is 40.1 Å². The van der Waals surface area contributed by atoms with E-state index in [2.05, 4.69) is 91.5 Å². The predicted molar refractivity (Wildman–Crippen MR) is 271 cm³/mol. The van der Waals surface area contributed by atoms with Crippen molar-refractivity contribution in [3.63, 3.8) is 0 Å². The highest BCUT2D eigenvalue weighted by atomic mass is 16.5. The molecule has 65 heavy (non-hydrogen) atoms. The van der Waals surface area contributed by atoms with Gasteiger partial charge in [-0.05, 0) is 96.7 Å². The molecule has 0 saturated heterocycles. The smallest absolute Gasteiger partial charge is 0.191 e. The van der Waals surface area contributed by atoms with Gasteiger partial charge in [-0.1, -0.05) is 97.1 Å². The average molecular weight is 873 g/mol. The van der Waals surface area contributed by atoms with E-state index in [9.17, 15) is 9.59 Å². The molecule has 7 rings (SSSR count). The number of aromatic nitrogens is 2. The van der Waals surface area contributed by atoms with E-state index >= 15 is 0 Å². The van der Waals surface area contributed by atoms with E-state index in [0.29, 0.717) is 10.8 Å². The van der Waals surface area contributed by atoms with E-state index < -0.39 is 0 Å². The lowest BCUT2D eigenvalue weighted by atomic mass is 10.2. The van der Waals surface area contributed by atoms with Crippen LogP contribution < -0.4 is 41.0 Å². The number of methoxy groups -OCH3 is 3. The molecule has 11 nitrogen and oxygen atoms in total. The number of anilines is 2. The monoisotopic (exact) mass is 872 g/mol. The van der Waals surface area contributed by atoms with Crippen molar-refractivity contribution in [1.82, 2.24) is 20.2 Å². The van der Waals surface area contributed by atoms with Gasteiger partial charge in [0, 0.05) is 62.2 Å². The summed E-state index contributed by atoms with van der Waals surface area (Å²) in [5.74, 6) is 4.09. The summed E-state index contributed by atoms with van der Waals surface area (Å²) in [6, 6.07) is 42.4. The molecule has 336 valence electrons. The fourth-order valence-corrected chi connectivity index (χ4v) is 7.00. The number of hydrogen-bond donors (Lipinski definition) is 5. The Balaban J connectivity index is 0.000000228. The third-order valence-electron chi connectivity index (χ3n) is 10.6. The molecule has 0 radical (unpaired) electrons. The molecule has 0 spiro atoms. The first kappa shape index (κ1) is 47.1. The second-order valence-corrected chi connectivity index (χ2v) is 15.2. The highest BCUT2D eigenvalue weighted by Crippen LogP contribution is 2.16. The Hall–Kier alpha value is -7.34. The van der Waals surface area contributed by atoms with Crippen LogP contribution in [0, 0.1) is 0 Å². The Morgan fingerprint density at radius 1 is 0.508 bits per heavy atom. The maximum absolute atomic E-state index is 12.4. The predicted octanol–water partition coefficient (Wildman–Crippen LogP) is 9.72. The van der Waals surface area contributed by atoms with Crippen LogP contribution in [0.5, 0.6) is 17.2 Å². The van der Waals surface area contributed by atoms with Crippen LogP contribution in [0.15, 0.2) is 161 Å². The van der Waals surface area contributed by atoms with Crippen LogP contribution >= 0.6 is 0 Å². The van der Waals surface area contributed by atoms with Crippen LogP contribution in [0.2, 0.25) is 0 Å². The number of nitrogens with zero attached hydrogens (tertiary/aromatic N) is 1. The quantitative estimate of drug-likeness (QED) is 0.0423. The number of nitrogens with one attached hydrogen (secondary N) is 5. The second-order valence-electron chi connectivity index (χ2n) is 15.2. The molecule has 0 bridgehead atoms. The van der Waals surface area contributed by atoms with Crippen molar-refractivity contribution in [2.45, 2.75) is 12.8 Å². The number of benzene rings is 5. The lowest BCUT2D eigenvalue weighted by molar-refractivity contribution is 0.334. The number of pyridine rings is 2. The molecular formula is C54H60N6O5. The molecule has 0 saturated carbocycles. The number of aromatic amines is 2. The summed E-state index contributed by atoms with van der Waals surface area (Å²) in [6.45, 7) is 5.83. The Bertz CT molecular complexity index is 2660. The van der Waals surface area contributed by atoms with Crippen LogP contribution in [0.3, 0.4) is 0 Å². The van der Waals surface area contributed by atoms with Gasteiger partial charge in [-0.25, -0.2) is 0 Å². The van der Waals surface area contributed by atoms with Crippen molar-refractivity contribution in [3.8, 4) is 17.2 Å². The normalized spacial score (nSPS) is 11.4. The summed E-state index contributed by atoms with van der Waals surface area (Å²) in [5, 5.41) is 11.5. The molecule has 7 aromatic rings. The number of ether oxygens (including phenoxy) is 3. The molecule has 11 heteroatoms. The number of para-hydroxylation sites is 2. The minimum absolute atomic E-state index is 0.0239.